The number of nitrogens with zero attached hydrogens (tertiary/aromatic N) is 1. The van der Waals surface area contributed by atoms with E-state index in [2.05, 4.69) is 22.3 Å². The number of carbonyl (C=O) groups is 2. The predicted molar refractivity (Wildman–Crippen MR) is 124 cm³/mol. The van der Waals surface area contributed by atoms with Crippen LogP contribution in [-0.2, 0) is 14.3 Å². The molecule has 0 aliphatic carbocycles. The Hall–Kier alpha value is -2.37. The number of carbonyl (C=O) groups excluding carboxylic acids is 2. The average Bonchev–Trinajstić information content (AvgIpc) is 2.79. The maximum Gasteiger partial charge on any atom is 0.306 e. The van der Waals surface area contributed by atoms with Gasteiger partial charge in [0.05, 0.1) is 29.8 Å². The third kappa shape index (κ3) is 6.31. The maximum atomic E-state index is 12.7. The topological polar surface area (TPSA) is 58.6 Å². The molecule has 0 unspecified atom stereocenters. The minimum absolute atomic E-state index is 0.0577. The molecule has 1 N–H and O–H groups in total. The minimum atomic E-state index is -0.252. The lowest BCUT2D eigenvalue weighted by Crippen LogP contribution is -2.46. The largest absolute Gasteiger partial charge is 0.466 e. The molecule has 0 aromatic heterocycles. The van der Waals surface area contributed by atoms with Crippen molar-refractivity contribution in [2.75, 3.05) is 25.0 Å². The number of esters is 1. The van der Waals surface area contributed by atoms with E-state index in [4.69, 9.17) is 16.3 Å². The van der Waals surface area contributed by atoms with E-state index < -0.39 is 0 Å². The van der Waals surface area contributed by atoms with Crippen molar-refractivity contribution in [1.82, 2.24) is 4.90 Å². The van der Waals surface area contributed by atoms with Gasteiger partial charge in [-0.15, -0.1) is 0 Å². The van der Waals surface area contributed by atoms with Gasteiger partial charge in [0.1, 0.15) is 0 Å². The van der Waals surface area contributed by atoms with Gasteiger partial charge in [0.25, 0.3) is 0 Å². The van der Waals surface area contributed by atoms with Crippen molar-refractivity contribution in [3.05, 3.63) is 65.2 Å². The minimum Gasteiger partial charge on any atom is -0.466 e. The molecule has 0 bridgehead atoms. The summed E-state index contributed by atoms with van der Waals surface area (Å²) in [6.07, 6.45) is 2.26. The molecule has 0 saturated carbocycles. The number of amides is 1. The maximum absolute atomic E-state index is 12.7. The van der Waals surface area contributed by atoms with Gasteiger partial charge in [-0.1, -0.05) is 54.1 Å². The summed E-state index contributed by atoms with van der Waals surface area (Å²) < 4.78 is 5.23. The second-order valence-corrected chi connectivity index (χ2v) is 8.45. The second kappa shape index (κ2) is 11.3. The third-order valence-corrected chi connectivity index (χ3v) is 6.45. The molecule has 2 aromatic rings. The highest BCUT2D eigenvalue weighted by Crippen LogP contribution is 2.36. The molecule has 2 atom stereocenters. The van der Waals surface area contributed by atoms with Crippen LogP contribution in [-0.4, -0.2) is 42.5 Å². The Morgan fingerprint density at radius 3 is 2.39 bits per heavy atom. The second-order valence-electron chi connectivity index (χ2n) is 8.04. The van der Waals surface area contributed by atoms with Crippen molar-refractivity contribution >= 4 is 29.2 Å². The van der Waals surface area contributed by atoms with E-state index >= 15 is 0 Å². The highest BCUT2D eigenvalue weighted by molar-refractivity contribution is 6.33. The predicted octanol–water partition coefficient (Wildman–Crippen LogP) is 5.12. The zero-order valence-electron chi connectivity index (χ0n) is 18.2. The van der Waals surface area contributed by atoms with Crippen molar-refractivity contribution in [2.45, 2.75) is 45.1 Å². The molecule has 6 heteroatoms. The zero-order valence-corrected chi connectivity index (χ0v) is 19.0. The van der Waals surface area contributed by atoms with Gasteiger partial charge in [-0.2, -0.15) is 0 Å². The van der Waals surface area contributed by atoms with E-state index in [0.29, 0.717) is 29.7 Å². The van der Waals surface area contributed by atoms with E-state index in [1.165, 1.54) is 5.56 Å². The van der Waals surface area contributed by atoms with Crippen LogP contribution in [0.5, 0.6) is 0 Å². The monoisotopic (exact) mass is 442 g/mol. The summed E-state index contributed by atoms with van der Waals surface area (Å²) in [6.45, 7) is 5.79. The van der Waals surface area contributed by atoms with Crippen molar-refractivity contribution in [3.63, 3.8) is 0 Å². The molecule has 1 aliphatic rings. The number of hydrogen-bond donors (Lipinski definition) is 1. The van der Waals surface area contributed by atoms with Gasteiger partial charge in [-0.25, -0.2) is 0 Å². The number of likely N-dealkylation sites (tertiary alicyclic amines) is 1. The number of rotatable bonds is 8. The van der Waals surface area contributed by atoms with Crippen LogP contribution in [0.15, 0.2) is 54.6 Å². The number of halogens is 1. The van der Waals surface area contributed by atoms with Gasteiger partial charge in [0, 0.05) is 0 Å². The lowest BCUT2D eigenvalue weighted by atomic mass is 9.78. The lowest BCUT2D eigenvalue weighted by Gasteiger charge is -2.38. The Morgan fingerprint density at radius 2 is 1.74 bits per heavy atom. The van der Waals surface area contributed by atoms with Gasteiger partial charge in [0.2, 0.25) is 5.91 Å². The highest BCUT2D eigenvalue weighted by Gasteiger charge is 2.32. The summed E-state index contributed by atoms with van der Waals surface area (Å²) in [5.41, 5.74) is 1.81. The molecule has 1 aliphatic heterocycles. The molecule has 3 rings (SSSR count). The van der Waals surface area contributed by atoms with Crippen LogP contribution in [0.2, 0.25) is 5.02 Å². The van der Waals surface area contributed by atoms with E-state index in [1.807, 2.05) is 44.2 Å². The van der Waals surface area contributed by atoms with Crippen LogP contribution >= 0.6 is 11.6 Å². The smallest absolute Gasteiger partial charge is 0.306 e. The molecular weight excluding hydrogens is 412 g/mol. The number of anilines is 1. The van der Waals surface area contributed by atoms with Crippen LogP contribution in [0.25, 0.3) is 0 Å². The van der Waals surface area contributed by atoms with Crippen molar-refractivity contribution in [3.8, 4) is 0 Å². The first kappa shape index (κ1) is 23.3. The van der Waals surface area contributed by atoms with Gasteiger partial charge < -0.3 is 10.1 Å². The Kier molecular flexibility index (Phi) is 8.50. The Labute approximate surface area is 189 Å². The van der Waals surface area contributed by atoms with E-state index in [1.54, 1.807) is 12.1 Å². The molecule has 166 valence electrons. The molecule has 1 fully saturated rings. The average molecular weight is 443 g/mol. The molecular formula is C25H31ClN2O3. The fraction of sp³-hybridized carbons (Fsp3) is 0.440. The SMILES string of the molecule is CCOC(=O)C[C@H](c1ccccc1)C1CCN([C@H](C)C(=O)Nc2ccccc2Cl)CC1. The first-order chi connectivity index (χ1) is 15.0. The summed E-state index contributed by atoms with van der Waals surface area (Å²) in [5, 5.41) is 3.47. The third-order valence-electron chi connectivity index (χ3n) is 6.12. The molecule has 2 aromatic carbocycles. The summed E-state index contributed by atoms with van der Waals surface area (Å²) >= 11 is 6.17. The Morgan fingerprint density at radius 1 is 1.10 bits per heavy atom. The van der Waals surface area contributed by atoms with Crippen LogP contribution in [0.1, 0.15) is 44.6 Å². The highest BCUT2D eigenvalue weighted by atomic mass is 35.5. The van der Waals surface area contributed by atoms with Gasteiger partial charge in [-0.05, 0) is 69.3 Å². The number of nitrogens with one attached hydrogen (secondary N) is 1. The van der Waals surface area contributed by atoms with E-state index in [9.17, 15) is 9.59 Å². The fourth-order valence-electron chi connectivity index (χ4n) is 4.33. The van der Waals surface area contributed by atoms with Crippen LogP contribution in [0.4, 0.5) is 5.69 Å². The van der Waals surface area contributed by atoms with Crippen LogP contribution in [0, 0.1) is 5.92 Å². The van der Waals surface area contributed by atoms with Crippen LogP contribution in [0.3, 0.4) is 0 Å². The number of benzene rings is 2. The molecule has 1 amide bonds. The summed E-state index contributed by atoms with van der Waals surface area (Å²) in [5.74, 6) is 0.306. The number of hydrogen-bond acceptors (Lipinski definition) is 4. The van der Waals surface area contributed by atoms with Gasteiger partial charge >= 0.3 is 5.97 Å². The summed E-state index contributed by atoms with van der Waals surface area (Å²) in [6, 6.07) is 17.2. The first-order valence-corrected chi connectivity index (χ1v) is 11.4. The molecule has 1 saturated heterocycles. The molecule has 0 radical (unpaired) electrons. The normalized spacial score (nSPS) is 17.0. The van der Waals surface area contributed by atoms with E-state index in [-0.39, 0.29) is 23.8 Å². The molecule has 0 spiro atoms. The first-order valence-electron chi connectivity index (χ1n) is 11.0. The Balaban J connectivity index is 1.61. The van der Waals surface area contributed by atoms with Crippen LogP contribution < -0.4 is 5.32 Å². The fourth-order valence-corrected chi connectivity index (χ4v) is 4.51. The lowest BCUT2D eigenvalue weighted by molar-refractivity contribution is -0.144. The van der Waals surface area contributed by atoms with E-state index in [0.717, 1.165) is 25.9 Å². The molecule has 5 nitrogen and oxygen atoms in total. The molecule has 1 heterocycles. The van der Waals surface area contributed by atoms with Crippen molar-refractivity contribution < 1.29 is 14.3 Å². The number of ether oxygens (including phenoxy) is 1. The Bertz CT molecular complexity index is 866. The number of piperidine rings is 1. The summed E-state index contributed by atoms with van der Waals surface area (Å²) in [7, 11) is 0. The zero-order chi connectivity index (χ0) is 22.2. The molecule has 31 heavy (non-hydrogen) atoms. The van der Waals surface area contributed by atoms with Crippen molar-refractivity contribution in [1.29, 1.82) is 0 Å². The quantitative estimate of drug-likeness (QED) is 0.576. The number of para-hydroxylation sites is 1. The standard InChI is InChI=1S/C25H31ClN2O3/c1-3-31-24(29)17-21(19-9-5-4-6-10-19)20-13-15-28(16-14-20)18(2)25(30)27-23-12-8-7-11-22(23)26/h4-12,18,20-21H,3,13-17H2,1-2H3,(H,27,30)/t18-,21-/m1/s1. The van der Waals surface area contributed by atoms with Crippen molar-refractivity contribution in [2.24, 2.45) is 5.92 Å². The van der Waals surface area contributed by atoms with Gasteiger partial charge in [-0.3, -0.25) is 14.5 Å². The van der Waals surface area contributed by atoms with Gasteiger partial charge in [0.15, 0.2) is 0 Å². The summed E-state index contributed by atoms with van der Waals surface area (Å²) in [4.78, 5) is 27.2.